The lowest BCUT2D eigenvalue weighted by Crippen LogP contribution is -2.35. The largest absolute Gasteiger partial charge is 0.387 e. The van der Waals surface area contributed by atoms with Crippen molar-refractivity contribution in [1.82, 2.24) is 5.32 Å². The maximum absolute atomic E-state index is 11.5. The van der Waals surface area contributed by atoms with Gasteiger partial charge in [-0.25, -0.2) is 0 Å². The molecule has 0 bridgehead atoms. The summed E-state index contributed by atoms with van der Waals surface area (Å²) in [7, 11) is 0. The summed E-state index contributed by atoms with van der Waals surface area (Å²) >= 11 is 0. The molecule has 0 aromatic heterocycles. The van der Waals surface area contributed by atoms with Gasteiger partial charge >= 0.3 is 0 Å². The number of hydrogen-bond donors (Lipinski definition) is 3. The first-order valence-corrected chi connectivity index (χ1v) is 5.77. The van der Waals surface area contributed by atoms with Gasteiger partial charge in [-0.15, -0.1) is 12.4 Å². The predicted molar refractivity (Wildman–Crippen MR) is 74.6 cm³/mol. The van der Waals surface area contributed by atoms with Gasteiger partial charge in [0.05, 0.1) is 6.10 Å². The quantitative estimate of drug-likeness (QED) is 0.753. The Morgan fingerprint density at radius 2 is 1.94 bits per heavy atom. The lowest BCUT2D eigenvalue weighted by Gasteiger charge is -2.14. The fourth-order valence-corrected chi connectivity index (χ4v) is 1.38. The molecular weight excluding hydrogens is 252 g/mol. The normalized spacial score (nSPS) is 13.3. The van der Waals surface area contributed by atoms with Crippen LogP contribution in [0.4, 0.5) is 0 Å². The number of benzene rings is 1. The van der Waals surface area contributed by atoms with Gasteiger partial charge in [-0.1, -0.05) is 36.8 Å². The fourth-order valence-electron chi connectivity index (χ4n) is 1.38. The van der Waals surface area contributed by atoms with Gasteiger partial charge in [0.15, 0.2) is 0 Å². The molecule has 4 nitrogen and oxygen atoms in total. The second-order valence-corrected chi connectivity index (χ2v) is 4.31. The monoisotopic (exact) mass is 272 g/mol. The number of rotatable bonds is 5. The lowest BCUT2D eigenvalue weighted by molar-refractivity contribution is -0.124. The van der Waals surface area contributed by atoms with E-state index in [-0.39, 0.29) is 30.8 Å². The van der Waals surface area contributed by atoms with E-state index in [1.54, 1.807) is 6.92 Å². The SMILES string of the molecule is Cc1ccc(C(O)CNC(=O)C(C)CN)cc1.Cl. The van der Waals surface area contributed by atoms with E-state index < -0.39 is 6.10 Å². The van der Waals surface area contributed by atoms with E-state index >= 15 is 0 Å². The number of hydrogen-bond acceptors (Lipinski definition) is 3. The number of halogens is 1. The van der Waals surface area contributed by atoms with Crippen LogP contribution in [0.5, 0.6) is 0 Å². The van der Waals surface area contributed by atoms with Crippen LogP contribution >= 0.6 is 12.4 Å². The molecule has 0 aliphatic rings. The highest BCUT2D eigenvalue weighted by Gasteiger charge is 2.13. The molecule has 2 atom stereocenters. The number of aliphatic hydroxyl groups is 1. The molecule has 0 saturated carbocycles. The summed E-state index contributed by atoms with van der Waals surface area (Å²) in [6.07, 6.45) is -0.676. The van der Waals surface area contributed by atoms with Crippen LogP contribution in [0, 0.1) is 12.8 Å². The smallest absolute Gasteiger partial charge is 0.224 e. The third-order valence-electron chi connectivity index (χ3n) is 2.73. The van der Waals surface area contributed by atoms with Crippen LogP contribution in [0.3, 0.4) is 0 Å². The van der Waals surface area contributed by atoms with Crippen molar-refractivity contribution in [3.05, 3.63) is 35.4 Å². The number of carbonyl (C=O) groups is 1. The topological polar surface area (TPSA) is 75.3 Å². The molecule has 102 valence electrons. The van der Waals surface area contributed by atoms with E-state index in [9.17, 15) is 9.90 Å². The van der Waals surface area contributed by atoms with Crippen LogP contribution in [0.1, 0.15) is 24.2 Å². The summed E-state index contributed by atoms with van der Waals surface area (Å²) in [5.41, 5.74) is 7.33. The third-order valence-corrected chi connectivity index (χ3v) is 2.73. The Kier molecular flexibility index (Phi) is 7.59. The van der Waals surface area contributed by atoms with Gasteiger partial charge in [0.2, 0.25) is 5.91 Å². The third kappa shape index (κ3) is 5.04. The zero-order valence-corrected chi connectivity index (χ0v) is 11.5. The predicted octanol–water partition coefficient (Wildman–Crippen LogP) is 1.16. The van der Waals surface area contributed by atoms with Gasteiger partial charge in [0.1, 0.15) is 0 Å². The summed E-state index contributed by atoms with van der Waals surface area (Å²) in [6.45, 7) is 4.27. The molecule has 0 spiro atoms. The van der Waals surface area contributed by atoms with Crippen molar-refractivity contribution in [3.8, 4) is 0 Å². The van der Waals surface area contributed by atoms with Crippen LogP contribution < -0.4 is 11.1 Å². The molecule has 4 N–H and O–H groups in total. The Bertz CT molecular complexity index is 368. The first-order chi connectivity index (χ1) is 8.04. The van der Waals surface area contributed by atoms with Crippen molar-refractivity contribution >= 4 is 18.3 Å². The number of aliphatic hydroxyl groups excluding tert-OH is 1. The minimum absolute atomic E-state index is 0. The molecule has 5 heteroatoms. The van der Waals surface area contributed by atoms with Crippen LogP contribution in [0.25, 0.3) is 0 Å². The molecule has 1 amide bonds. The van der Waals surface area contributed by atoms with Crippen molar-refractivity contribution in [1.29, 1.82) is 0 Å². The second kappa shape index (κ2) is 8.08. The first-order valence-electron chi connectivity index (χ1n) is 5.77. The minimum atomic E-state index is -0.676. The maximum Gasteiger partial charge on any atom is 0.224 e. The molecule has 2 unspecified atom stereocenters. The highest BCUT2D eigenvalue weighted by Crippen LogP contribution is 2.12. The molecule has 0 radical (unpaired) electrons. The molecule has 1 rings (SSSR count). The number of carbonyl (C=O) groups excluding carboxylic acids is 1. The molecule has 18 heavy (non-hydrogen) atoms. The summed E-state index contributed by atoms with van der Waals surface area (Å²) in [5, 5.41) is 12.5. The molecule has 0 saturated heterocycles. The average molecular weight is 273 g/mol. The Balaban J connectivity index is 0.00000289. The number of amides is 1. The number of nitrogens with two attached hydrogens (primary N) is 1. The van der Waals surface area contributed by atoms with E-state index in [0.29, 0.717) is 6.54 Å². The summed E-state index contributed by atoms with van der Waals surface area (Å²) in [4.78, 5) is 11.5. The van der Waals surface area contributed by atoms with Crippen molar-refractivity contribution in [3.63, 3.8) is 0 Å². The Morgan fingerprint density at radius 3 is 2.44 bits per heavy atom. The second-order valence-electron chi connectivity index (χ2n) is 4.31. The molecule has 0 aliphatic heterocycles. The summed E-state index contributed by atoms with van der Waals surface area (Å²) in [6, 6.07) is 7.59. The molecular formula is C13H21ClN2O2. The van der Waals surface area contributed by atoms with Gasteiger partial charge in [0, 0.05) is 19.0 Å². The summed E-state index contributed by atoms with van der Waals surface area (Å²) in [5.74, 6) is -0.348. The average Bonchev–Trinajstić information content (AvgIpc) is 2.35. The maximum atomic E-state index is 11.5. The lowest BCUT2D eigenvalue weighted by atomic mass is 10.1. The Morgan fingerprint density at radius 1 is 1.39 bits per heavy atom. The minimum Gasteiger partial charge on any atom is -0.387 e. The zero-order valence-electron chi connectivity index (χ0n) is 10.7. The van der Waals surface area contributed by atoms with Crippen LogP contribution in [-0.2, 0) is 4.79 Å². The van der Waals surface area contributed by atoms with Crippen LogP contribution in [-0.4, -0.2) is 24.1 Å². The molecule has 1 aromatic rings. The summed E-state index contributed by atoms with van der Waals surface area (Å²) < 4.78 is 0. The molecule has 1 aromatic carbocycles. The van der Waals surface area contributed by atoms with Gasteiger partial charge < -0.3 is 16.2 Å². The van der Waals surface area contributed by atoms with Gasteiger partial charge in [-0.3, -0.25) is 4.79 Å². The molecule has 0 fully saturated rings. The van der Waals surface area contributed by atoms with Crippen LogP contribution in [0.15, 0.2) is 24.3 Å². The molecule has 0 heterocycles. The number of aryl methyl sites for hydroxylation is 1. The van der Waals surface area contributed by atoms with Crippen molar-refractivity contribution in [2.24, 2.45) is 11.7 Å². The van der Waals surface area contributed by atoms with E-state index in [2.05, 4.69) is 5.32 Å². The van der Waals surface area contributed by atoms with E-state index in [1.807, 2.05) is 31.2 Å². The van der Waals surface area contributed by atoms with Crippen LogP contribution in [0.2, 0.25) is 0 Å². The first kappa shape index (κ1) is 16.9. The van der Waals surface area contributed by atoms with E-state index in [0.717, 1.165) is 11.1 Å². The van der Waals surface area contributed by atoms with Crippen molar-refractivity contribution < 1.29 is 9.90 Å². The standard InChI is InChI=1S/C13H20N2O2.ClH/c1-9-3-5-11(6-4-9)12(16)8-15-13(17)10(2)7-14;/h3-6,10,12,16H,7-8,14H2,1-2H3,(H,15,17);1H. The fraction of sp³-hybridized carbons (Fsp3) is 0.462. The highest BCUT2D eigenvalue weighted by molar-refractivity contribution is 5.85. The Labute approximate surface area is 114 Å². The van der Waals surface area contributed by atoms with Crippen molar-refractivity contribution in [2.45, 2.75) is 20.0 Å². The molecule has 0 aliphatic carbocycles. The van der Waals surface area contributed by atoms with Gasteiger partial charge in [-0.05, 0) is 12.5 Å². The Hall–Kier alpha value is -1.10. The van der Waals surface area contributed by atoms with Crippen molar-refractivity contribution in [2.75, 3.05) is 13.1 Å². The number of nitrogens with one attached hydrogen (secondary N) is 1. The highest BCUT2D eigenvalue weighted by atomic mass is 35.5. The van der Waals surface area contributed by atoms with Gasteiger partial charge in [-0.2, -0.15) is 0 Å². The van der Waals surface area contributed by atoms with E-state index in [4.69, 9.17) is 5.73 Å². The van der Waals surface area contributed by atoms with E-state index in [1.165, 1.54) is 0 Å². The van der Waals surface area contributed by atoms with Gasteiger partial charge in [0.25, 0.3) is 0 Å². The zero-order chi connectivity index (χ0) is 12.8.